The Bertz CT molecular complexity index is 357. The summed E-state index contributed by atoms with van der Waals surface area (Å²) in [6.07, 6.45) is 2.97. The van der Waals surface area contributed by atoms with Crippen LogP contribution in [-0.4, -0.2) is 4.57 Å². The monoisotopic (exact) mass is 193 g/mol. The van der Waals surface area contributed by atoms with Crippen LogP contribution >= 0.6 is 0 Å². The van der Waals surface area contributed by atoms with Gasteiger partial charge < -0.3 is 4.57 Å². The molecule has 0 spiro atoms. The van der Waals surface area contributed by atoms with E-state index in [2.05, 4.69) is 27.7 Å². The molecule has 78 valence electrons. The van der Waals surface area contributed by atoms with Crippen molar-refractivity contribution in [2.45, 2.75) is 46.1 Å². The topological polar surface area (TPSA) is 22.0 Å². The number of hydrogen-bond acceptors (Lipinski definition) is 1. The summed E-state index contributed by atoms with van der Waals surface area (Å²) in [5.41, 5.74) is 1.42. The fourth-order valence-corrected chi connectivity index (χ4v) is 1.39. The van der Waals surface area contributed by atoms with E-state index in [4.69, 9.17) is 0 Å². The number of pyridine rings is 1. The fourth-order valence-electron chi connectivity index (χ4n) is 1.39. The zero-order valence-electron chi connectivity index (χ0n) is 9.50. The molecule has 0 fully saturated rings. The third-order valence-electron chi connectivity index (χ3n) is 2.31. The van der Waals surface area contributed by atoms with Crippen molar-refractivity contribution >= 4 is 0 Å². The summed E-state index contributed by atoms with van der Waals surface area (Å²) in [5, 5.41) is 0. The first-order valence-electron chi connectivity index (χ1n) is 5.16. The van der Waals surface area contributed by atoms with Gasteiger partial charge >= 0.3 is 0 Å². The Morgan fingerprint density at radius 3 is 2.43 bits per heavy atom. The summed E-state index contributed by atoms with van der Waals surface area (Å²) in [7, 11) is 0. The number of rotatable bonds is 2. The van der Waals surface area contributed by atoms with Crippen molar-refractivity contribution in [2.75, 3.05) is 0 Å². The van der Waals surface area contributed by atoms with Crippen LogP contribution in [0.2, 0.25) is 0 Å². The highest BCUT2D eigenvalue weighted by Gasteiger charge is 2.14. The lowest BCUT2D eigenvalue weighted by Gasteiger charge is -2.19. The molecule has 0 aromatic carbocycles. The average Bonchev–Trinajstić information content (AvgIpc) is 2.07. The highest BCUT2D eigenvalue weighted by Crippen LogP contribution is 2.20. The van der Waals surface area contributed by atoms with E-state index < -0.39 is 0 Å². The maximum atomic E-state index is 11.5. The van der Waals surface area contributed by atoms with Crippen molar-refractivity contribution in [3.8, 4) is 0 Å². The molecule has 0 saturated carbocycles. The number of nitrogens with zero attached hydrogens (tertiary/aromatic N) is 1. The van der Waals surface area contributed by atoms with Gasteiger partial charge in [0, 0.05) is 18.8 Å². The highest BCUT2D eigenvalue weighted by molar-refractivity contribution is 5.18. The lowest BCUT2D eigenvalue weighted by atomic mass is 9.88. The summed E-state index contributed by atoms with van der Waals surface area (Å²) in [6, 6.07) is 3.59. The highest BCUT2D eigenvalue weighted by atomic mass is 16.1. The Labute approximate surface area is 85.6 Å². The normalized spacial score (nSPS) is 11.7. The van der Waals surface area contributed by atoms with E-state index in [1.165, 1.54) is 5.56 Å². The SMILES string of the molecule is CCCn1cc(C(C)(C)C)ccc1=O. The molecular formula is C12H19NO. The molecule has 1 heterocycles. The zero-order chi connectivity index (χ0) is 10.8. The van der Waals surface area contributed by atoms with Crippen molar-refractivity contribution in [2.24, 2.45) is 0 Å². The Balaban J connectivity index is 3.13. The molecule has 0 aliphatic carbocycles. The predicted octanol–water partition coefficient (Wildman–Crippen LogP) is 2.56. The van der Waals surface area contributed by atoms with Crippen LogP contribution in [-0.2, 0) is 12.0 Å². The van der Waals surface area contributed by atoms with Crippen LogP contribution in [0.15, 0.2) is 23.1 Å². The largest absolute Gasteiger partial charge is 0.315 e. The molecule has 0 N–H and O–H groups in total. The van der Waals surface area contributed by atoms with Gasteiger partial charge in [-0.25, -0.2) is 0 Å². The third kappa shape index (κ3) is 2.47. The van der Waals surface area contributed by atoms with Crippen molar-refractivity contribution < 1.29 is 0 Å². The molecule has 1 rings (SSSR count). The number of hydrogen-bond donors (Lipinski definition) is 0. The fraction of sp³-hybridized carbons (Fsp3) is 0.583. The van der Waals surface area contributed by atoms with Crippen LogP contribution in [0.3, 0.4) is 0 Å². The summed E-state index contributed by atoms with van der Waals surface area (Å²) in [6.45, 7) is 9.36. The van der Waals surface area contributed by atoms with E-state index in [9.17, 15) is 4.79 Å². The first-order chi connectivity index (χ1) is 6.45. The lowest BCUT2D eigenvalue weighted by Crippen LogP contribution is -2.22. The first-order valence-corrected chi connectivity index (χ1v) is 5.16. The minimum Gasteiger partial charge on any atom is -0.315 e. The summed E-state index contributed by atoms with van der Waals surface area (Å²) in [4.78, 5) is 11.5. The zero-order valence-corrected chi connectivity index (χ0v) is 9.50. The van der Waals surface area contributed by atoms with Gasteiger partial charge in [0.15, 0.2) is 0 Å². The van der Waals surface area contributed by atoms with Gasteiger partial charge in [0.1, 0.15) is 0 Å². The van der Waals surface area contributed by atoms with E-state index >= 15 is 0 Å². The number of aryl methyl sites for hydroxylation is 1. The third-order valence-corrected chi connectivity index (χ3v) is 2.31. The van der Waals surface area contributed by atoms with E-state index in [0.717, 1.165) is 13.0 Å². The molecular weight excluding hydrogens is 174 g/mol. The van der Waals surface area contributed by atoms with Crippen LogP contribution in [0.5, 0.6) is 0 Å². The van der Waals surface area contributed by atoms with Gasteiger partial charge in [-0.3, -0.25) is 4.79 Å². The molecule has 1 aromatic rings. The molecule has 2 nitrogen and oxygen atoms in total. The molecule has 0 amide bonds. The van der Waals surface area contributed by atoms with Crippen LogP contribution in [0.25, 0.3) is 0 Å². The summed E-state index contributed by atoms with van der Waals surface area (Å²) < 4.78 is 1.79. The minimum atomic E-state index is 0.0971. The van der Waals surface area contributed by atoms with E-state index in [1.54, 1.807) is 10.6 Å². The molecule has 0 saturated heterocycles. The Morgan fingerprint density at radius 1 is 1.29 bits per heavy atom. The van der Waals surface area contributed by atoms with Gasteiger partial charge in [-0.1, -0.05) is 33.8 Å². The van der Waals surface area contributed by atoms with Crippen molar-refractivity contribution in [3.63, 3.8) is 0 Å². The van der Waals surface area contributed by atoms with Crippen molar-refractivity contribution in [1.29, 1.82) is 0 Å². The summed E-state index contributed by atoms with van der Waals surface area (Å²) in [5.74, 6) is 0. The maximum absolute atomic E-state index is 11.5. The van der Waals surface area contributed by atoms with E-state index in [0.29, 0.717) is 0 Å². The molecule has 1 aromatic heterocycles. The van der Waals surface area contributed by atoms with Gasteiger partial charge in [0.25, 0.3) is 5.56 Å². The molecule has 0 unspecified atom stereocenters. The van der Waals surface area contributed by atoms with Crippen LogP contribution in [0.4, 0.5) is 0 Å². The van der Waals surface area contributed by atoms with Gasteiger partial charge in [-0.15, -0.1) is 0 Å². The minimum absolute atomic E-state index is 0.0971. The second-order valence-electron chi connectivity index (χ2n) is 4.70. The predicted molar refractivity (Wildman–Crippen MR) is 59.7 cm³/mol. The molecule has 2 heteroatoms. The Hall–Kier alpha value is -1.05. The quantitative estimate of drug-likeness (QED) is 0.707. The maximum Gasteiger partial charge on any atom is 0.250 e. The molecule has 0 atom stereocenters. The van der Waals surface area contributed by atoms with Gasteiger partial charge in [0.2, 0.25) is 0 Å². The molecule has 14 heavy (non-hydrogen) atoms. The van der Waals surface area contributed by atoms with Gasteiger partial charge in [-0.2, -0.15) is 0 Å². The van der Waals surface area contributed by atoms with Gasteiger partial charge in [-0.05, 0) is 17.4 Å². The van der Waals surface area contributed by atoms with Crippen LogP contribution < -0.4 is 5.56 Å². The molecule has 0 bridgehead atoms. The smallest absolute Gasteiger partial charge is 0.250 e. The van der Waals surface area contributed by atoms with Crippen molar-refractivity contribution in [1.82, 2.24) is 4.57 Å². The van der Waals surface area contributed by atoms with Crippen molar-refractivity contribution in [3.05, 3.63) is 34.2 Å². The Kier molecular flexibility index (Phi) is 3.14. The summed E-state index contributed by atoms with van der Waals surface area (Å²) >= 11 is 0. The molecule has 0 radical (unpaired) electrons. The van der Waals surface area contributed by atoms with Gasteiger partial charge in [0.05, 0.1) is 0 Å². The average molecular weight is 193 g/mol. The molecule has 0 aliphatic rings. The second kappa shape index (κ2) is 3.99. The standard InChI is InChI=1S/C12H19NO/c1-5-8-13-9-10(12(2,3)4)6-7-11(13)14/h6-7,9H,5,8H2,1-4H3. The first kappa shape index (κ1) is 11.0. The Morgan fingerprint density at radius 2 is 1.93 bits per heavy atom. The van der Waals surface area contributed by atoms with Crippen LogP contribution in [0, 0.1) is 0 Å². The number of aromatic nitrogens is 1. The van der Waals surface area contributed by atoms with E-state index in [-0.39, 0.29) is 11.0 Å². The second-order valence-corrected chi connectivity index (χ2v) is 4.70. The van der Waals surface area contributed by atoms with Crippen LogP contribution in [0.1, 0.15) is 39.7 Å². The van der Waals surface area contributed by atoms with E-state index in [1.807, 2.05) is 12.3 Å². The lowest BCUT2D eigenvalue weighted by molar-refractivity contribution is 0.567. The molecule has 0 aliphatic heterocycles.